The number of hydrogen-bond donors (Lipinski definition) is 0. The second-order valence-electron chi connectivity index (χ2n) is 15.1. The number of Topliss-reactive ketones (excluding diaryl/α,β-unsaturated/α-hetero) is 1. The zero-order valence-electron chi connectivity index (χ0n) is 22.2. The van der Waals surface area contributed by atoms with E-state index >= 15 is 0 Å². The lowest BCUT2D eigenvalue weighted by Gasteiger charge is -2.64. The van der Waals surface area contributed by atoms with Crippen LogP contribution in [0.1, 0.15) is 112 Å². The van der Waals surface area contributed by atoms with E-state index in [1.807, 2.05) is 6.92 Å². The summed E-state index contributed by atoms with van der Waals surface area (Å²) in [7, 11) is 0. The minimum atomic E-state index is -0.689. The van der Waals surface area contributed by atoms with Crippen LogP contribution in [0.4, 0.5) is 0 Å². The van der Waals surface area contributed by atoms with Crippen LogP contribution in [0.5, 0.6) is 0 Å². The molecule has 7 fully saturated rings. The molecule has 0 radical (unpaired) electrons. The van der Waals surface area contributed by atoms with Crippen LogP contribution in [0.2, 0.25) is 0 Å². The molecule has 7 aliphatic rings. The van der Waals surface area contributed by atoms with Crippen molar-refractivity contribution in [2.24, 2.45) is 50.7 Å². The molecule has 34 heavy (non-hydrogen) atoms. The Morgan fingerprint density at radius 2 is 1.53 bits per heavy atom. The third-order valence-corrected chi connectivity index (χ3v) is 14.1. The van der Waals surface area contributed by atoms with Crippen molar-refractivity contribution in [2.75, 3.05) is 0 Å². The normalized spacial score (nSPS) is 61.1. The molecular weight excluding hydrogens is 424 g/mol. The summed E-state index contributed by atoms with van der Waals surface area (Å²) in [5.74, 6) is 1.39. The molecule has 2 aliphatic heterocycles. The van der Waals surface area contributed by atoms with E-state index in [2.05, 4.69) is 34.6 Å². The number of hydrogen-bond acceptors (Lipinski definition) is 4. The van der Waals surface area contributed by atoms with Gasteiger partial charge < -0.3 is 9.47 Å². The maximum absolute atomic E-state index is 12.9. The predicted octanol–water partition coefficient (Wildman–Crippen LogP) is 6.45. The molecule has 188 valence electrons. The average molecular weight is 469 g/mol. The molecule has 0 aromatic carbocycles. The second-order valence-corrected chi connectivity index (χ2v) is 15.1. The van der Waals surface area contributed by atoms with Gasteiger partial charge in [-0.2, -0.15) is 0 Å². The van der Waals surface area contributed by atoms with Crippen molar-refractivity contribution in [3.63, 3.8) is 0 Å². The summed E-state index contributed by atoms with van der Waals surface area (Å²) in [4.78, 5) is 25.3. The molecule has 2 heterocycles. The maximum Gasteiger partial charge on any atom is 0.311 e. The first kappa shape index (κ1) is 22.3. The van der Waals surface area contributed by atoms with E-state index in [4.69, 9.17) is 9.47 Å². The molecule has 5 aliphatic carbocycles. The number of carbonyl (C=O) groups excluding carboxylic acids is 2. The number of ether oxygens (including phenoxy) is 2. The second kappa shape index (κ2) is 5.97. The molecule has 0 amide bonds. The molecule has 0 bridgehead atoms. The topological polar surface area (TPSA) is 52.6 Å². The molecule has 2 saturated heterocycles. The van der Waals surface area contributed by atoms with Crippen LogP contribution >= 0.6 is 0 Å². The minimum Gasteiger partial charge on any atom is -0.433 e. The van der Waals surface area contributed by atoms with Crippen LogP contribution in [0, 0.1) is 50.7 Å². The number of carbonyl (C=O) groups is 2. The Morgan fingerprint density at radius 3 is 2.24 bits per heavy atom. The zero-order chi connectivity index (χ0) is 24.2. The van der Waals surface area contributed by atoms with E-state index in [1.54, 1.807) is 0 Å². The molecule has 0 aromatic rings. The van der Waals surface area contributed by atoms with E-state index in [1.165, 1.54) is 38.5 Å². The first-order chi connectivity index (χ1) is 15.8. The van der Waals surface area contributed by atoms with Crippen molar-refractivity contribution in [1.29, 1.82) is 0 Å². The molecule has 0 aromatic heterocycles. The molecular formula is C30H44O4. The third kappa shape index (κ3) is 2.09. The third-order valence-electron chi connectivity index (χ3n) is 14.1. The molecule has 10 atom stereocenters. The first-order valence-electron chi connectivity index (χ1n) is 14.3. The van der Waals surface area contributed by atoms with Gasteiger partial charge in [-0.25, -0.2) is 0 Å². The van der Waals surface area contributed by atoms with Crippen molar-refractivity contribution in [2.45, 2.75) is 124 Å². The Balaban J connectivity index is 1.26. The fourth-order valence-corrected chi connectivity index (χ4v) is 12.3. The van der Waals surface area contributed by atoms with Gasteiger partial charge in [0.2, 0.25) is 5.79 Å². The van der Waals surface area contributed by atoms with E-state index in [-0.39, 0.29) is 33.7 Å². The molecule has 5 saturated carbocycles. The lowest BCUT2D eigenvalue weighted by Crippen LogP contribution is -2.61. The number of esters is 1. The first-order valence-corrected chi connectivity index (χ1v) is 14.3. The van der Waals surface area contributed by atoms with Gasteiger partial charge in [-0.15, -0.1) is 0 Å². The maximum atomic E-state index is 12.9. The Morgan fingerprint density at radius 1 is 0.824 bits per heavy atom. The zero-order valence-corrected chi connectivity index (χ0v) is 22.2. The summed E-state index contributed by atoms with van der Waals surface area (Å²) < 4.78 is 13.1. The number of rotatable bonds is 0. The summed E-state index contributed by atoms with van der Waals surface area (Å²) in [6, 6.07) is 0. The monoisotopic (exact) mass is 468 g/mol. The summed E-state index contributed by atoms with van der Waals surface area (Å²) in [6.45, 7) is 14.0. The fraction of sp³-hybridized carbons (Fsp3) is 0.933. The molecule has 4 heteroatoms. The molecule has 4 nitrogen and oxygen atoms in total. The van der Waals surface area contributed by atoms with Crippen molar-refractivity contribution in [1.82, 2.24) is 0 Å². The molecule has 7 rings (SSSR count). The minimum absolute atomic E-state index is 0.0588. The van der Waals surface area contributed by atoms with Crippen LogP contribution in [0.25, 0.3) is 0 Å². The Kier molecular flexibility index (Phi) is 3.92. The Bertz CT molecular complexity index is 1000. The summed E-state index contributed by atoms with van der Waals surface area (Å²) in [6.07, 6.45) is 12.2. The van der Waals surface area contributed by atoms with E-state index in [0.717, 1.165) is 31.6 Å². The summed E-state index contributed by atoms with van der Waals surface area (Å²) in [5.41, 5.74) is 0.875. The lowest BCUT2D eigenvalue weighted by atomic mass is 9.41. The van der Waals surface area contributed by atoms with Gasteiger partial charge >= 0.3 is 5.97 Å². The van der Waals surface area contributed by atoms with E-state index in [9.17, 15) is 9.59 Å². The van der Waals surface area contributed by atoms with Crippen molar-refractivity contribution in [3.05, 3.63) is 0 Å². The Labute approximate surface area is 205 Å². The van der Waals surface area contributed by atoms with Gasteiger partial charge in [0.05, 0.1) is 11.5 Å². The van der Waals surface area contributed by atoms with Gasteiger partial charge in [-0.3, -0.25) is 9.59 Å². The van der Waals surface area contributed by atoms with Gasteiger partial charge in [-0.1, -0.05) is 41.5 Å². The standard InChI is InChI=1S/C30H44O4/c1-18-15-29(33-23(18)32)16-19(2)30(34-29)14-11-25(5)21-8-7-20-24(3,4)22(31)9-10-27(20)17-28(21,27)13-12-26(25,30)6/h18-21H,7-17H2,1-6H3/t18-,19-,20+,21+,25+,26+,27+,28-,29+,30+/m1/s1. The van der Waals surface area contributed by atoms with Crippen molar-refractivity contribution >= 4 is 11.8 Å². The highest BCUT2D eigenvalue weighted by Crippen LogP contribution is 2.89. The average Bonchev–Trinajstić information content (AvgIpc) is 3.13. The van der Waals surface area contributed by atoms with Crippen LogP contribution < -0.4 is 0 Å². The van der Waals surface area contributed by atoms with Crippen LogP contribution in [-0.4, -0.2) is 23.1 Å². The fourth-order valence-electron chi connectivity index (χ4n) is 12.3. The number of fused-ring (bicyclic) bond motifs is 3. The molecule has 4 spiro atoms. The van der Waals surface area contributed by atoms with E-state index < -0.39 is 5.79 Å². The lowest BCUT2D eigenvalue weighted by molar-refractivity contribution is -0.268. The molecule has 0 unspecified atom stereocenters. The van der Waals surface area contributed by atoms with E-state index in [0.29, 0.717) is 34.9 Å². The van der Waals surface area contributed by atoms with Crippen LogP contribution in [0.15, 0.2) is 0 Å². The van der Waals surface area contributed by atoms with Gasteiger partial charge in [0.25, 0.3) is 0 Å². The number of ketones is 1. The summed E-state index contributed by atoms with van der Waals surface area (Å²) in [5, 5.41) is 0. The van der Waals surface area contributed by atoms with Crippen molar-refractivity contribution in [3.8, 4) is 0 Å². The van der Waals surface area contributed by atoms with Crippen molar-refractivity contribution < 1.29 is 19.1 Å². The highest BCUT2D eigenvalue weighted by atomic mass is 16.7. The van der Waals surface area contributed by atoms with Crippen LogP contribution in [0.3, 0.4) is 0 Å². The van der Waals surface area contributed by atoms with Gasteiger partial charge in [0, 0.05) is 30.1 Å². The quantitative estimate of drug-likeness (QED) is 0.383. The van der Waals surface area contributed by atoms with Gasteiger partial charge in [0.1, 0.15) is 5.78 Å². The van der Waals surface area contributed by atoms with Gasteiger partial charge in [-0.05, 0) is 85.4 Å². The highest BCUT2D eigenvalue weighted by Gasteiger charge is 2.85. The molecule has 0 N–H and O–H groups in total. The van der Waals surface area contributed by atoms with Crippen LogP contribution in [-0.2, 0) is 19.1 Å². The SMILES string of the molecule is C[C@@H]1C[C@]2(C[C@@H](C)[C@]3(CC[C@@]4(C)[C@@H]5CC[C@H]6C(C)(C)C(=O)CC[C@]67C[C@]57CC[C@@]43C)O2)OC1=O. The smallest absolute Gasteiger partial charge is 0.311 e. The summed E-state index contributed by atoms with van der Waals surface area (Å²) >= 11 is 0. The Hall–Kier alpha value is -0.900. The largest absolute Gasteiger partial charge is 0.433 e. The highest BCUT2D eigenvalue weighted by molar-refractivity contribution is 5.86. The van der Waals surface area contributed by atoms with Gasteiger partial charge in [0.15, 0.2) is 0 Å². The predicted molar refractivity (Wildman–Crippen MR) is 129 cm³/mol.